The number of carbonyl (C=O) groups is 1. The van der Waals surface area contributed by atoms with Crippen LogP contribution in [-0.4, -0.2) is 10.9 Å². The van der Waals surface area contributed by atoms with E-state index in [1.165, 1.54) is 0 Å². The first-order valence-corrected chi connectivity index (χ1v) is 7.84. The Balaban J connectivity index is 1.98. The van der Waals surface area contributed by atoms with Crippen LogP contribution in [0.25, 0.3) is 10.9 Å². The maximum atomic E-state index is 12.6. The lowest BCUT2D eigenvalue weighted by Gasteiger charge is -2.10. The number of aryl methyl sites for hydroxylation is 2. The molecule has 0 aliphatic carbocycles. The van der Waals surface area contributed by atoms with E-state index in [4.69, 9.17) is 23.2 Å². The van der Waals surface area contributed by atoms with Gasteiger partial charge in [-0.25, -0.2) is 0 Å². The highest BCUT2D eigenvalue weighted by Crippen LogP contribution is 2.26. The number of benzene rings is 2. The van der Waals surface area contributed by atoms with Gasteiger partial charge >= 0.3 is 0 Å². The third-order valence-corrected chi connectivity index (χ3v) is 4.13. The van der Waals surface area contributed by atoms with Crippen molar-refractivity contribution in [3.8, 4) is 0 Å². The van der Waals surface area contributed by atoms with Crippen molar-refractivity contribution in [2.45, 2.75) is 13.8 Å². The second-order valence-electron chi connectivity index (χ2n) is 5.40. The van der Waals surface area contributed by atoms with Crippen molar-refractivity contribution < 1.29 is 4.79 Å². The highest BCUT2D eigenvalue weighted by Gasteiger charge is 2.13. The summed E-state index contributed by atoms with van der Waals surface area (Å²) in [4.78, 5) is 17.1. The van der Waals surface area contributed by atoms with Crippen LogP contribution in [0.1, 0.15) is 21.6 Å². The van der Waals surface area contributed by atoms with Gasteiger partial charge in [-0.05, 0) is 50.2 Å². The topological polar surface area (TPSA) is 42.0 Å². The van der Waals surface area contributed by atoms with Gasteiger partial charge in [-0.15, -0.1) is 0 Å². The minimum Gasteiger partial charge on any atom is -0.321 e. The van der Waals surface area contributed by atoms with Crippen LogP contribution in [0.3, 0.4) is 0 Å². The van der Waals surface area contributed by atoms with E-state index in [1.807, 2.05) is 38.1 Å². The Hall–Kier alpha value is -2.10. The molecule has 1 N–H and O–H groups in total. The summed E-state index contributed by atoms with van der Waals surface area (Å²) in [6, 6.07) is 12.8. The van der Waals surface area contributed by atoms with Crippen LogP contribution in [0.15, 0.2) is 42.5 Å². The van der Waals surface area contributed by atoms with Gasteiger partial charge in [-0.2, -0.15) is 0 Å². The number of carbonyl (C=O) groups excluding carboxylic acids is 1. The van der Waals surface area contributed by atoms with Crippen molar-refractivity contribution in [1.29, 1.82) is 0 Å². The minimum atomic E-state index is -0.248. The number of hydrogen-bond donors (Lipinski definition) is 1. The summed E-state index contributed by atoms with van der Waals surface area (Å²) in [5, 5.41) is 4.65. The SMILES string of the molecule is Cc1ccc2nc(C)c(C(=O)Nc3ccc(Cl)cc3Cl)cc2c1. The molecule has 0 aliphatic heterocycles. The van der Waals surface area contributed by atoms with Crippen LogP contribution in [0.5, 0.6) is 0 Å². The molecule has 1 heterocycles. The molecular formula is C18H14Cl2N2O. The van der Waals surface area contributed by atoms with Crippen LogP contribution in [-0.2, 0) is 0 Å². The number of rotatable bonds is 2. The Morgan fingerprint density at radius 3 is 2.57 bits per heavy atom. The van der Waals surface area contributed by atoms with Crippen LogP contribution in [0, 0.1) is 13.8 Å². The fraction of sp³-hybridized carbons (Fsp3) is 0.111. The number of nitrogens with one attached hydrogen (secondary N) is 1. The van der Waals surface area contributed by atoms with Crippen molar-refractivity contribution in [3.63, 3.8) is 0 Å². The molecule has 0 spiro atoms. The summed E-state index contributed by atoms with van der Waals surface area (Å²) in [5.41, 5.74) is 3.70. The molecule has 0 atom stereocenters. The van der Waals surface area contributed by atoms with E-state index in [0.717, 1.165) is 16.5 Å². The monoisotopic (exact) mass is 344 g/mol. The van der Waals surface area contributed by atoms with Gasteiger partial charge in [0.25, 0.3) is 5.91 Å². The maximum Gasteiger partial charge on any atom is 0.257 e. The lowest BCUT2D eigenvalue weighted by molar-refractivity contribution is 0.102. The molecule has 3 nitrogen and oxygen atoms in total. The molecule has 1 aromatic heterocycles. The largest absolute Gasteiger partial charge is 0.321 e. The van der Waals surface area contributed by atoms with Crippen LogP contribution in [0.4, 0.5) is 5.69 Å². The van der Waals surface area contributed by atoms with Gasteiger partial charge < -0.3 is 5.32 Å². The summed E-state index contributed by atoms with van der Waals surface area (Å²) in [7, 11) is 0. The summed E-state index contributed by atoms with van der Waals surface area (Å²) < 4.78 is 0. The molecule has 1 amide bonds. The smallest absolute Gasteiger partial charge is 0.257 e. The van der Waals surface area contributed by atoms with E-state index in [-0.39, 0.29) is 5.91 Å². The Morgan fingerprint density at radius 2 is 1.83 bits per heavy atom. The first kappa shape index (κ1) is 15.8. The summed E-state index contributed by atoms with van der Waals surface area (Å²) in [5.74, 6) is -0.248. The average Bonchev–Trinajstić information content (AvgIpc) is 2.49. The first-order chi connectivity index (χ1) is 10.9. The second-order valence-corrected chi connectivity index (χ2v) is 6.24. The molecule has 23 heavy (non-hydrogen) atoms. The zero-order valence-corrected chi connectivity index (χ0v) is 14.2. The first-order valence-electron chi connectivity index (χ1n) is 7.08. The highest BCUT2D eigenvalue weighted by atomic mass is 35.5. The number of fused-ring (bicyclic) bond motifs is 1. The zero-order chi connectivity index (χ0) is 16.6. The van der Waals surface area contributed by atoms with E-state index >= 15 is 0 Å². The number of pyridine rings is 1. The standard InChI is InChI=1S/C18H14Cl2N2O/c1-10-3-5-16-12(7-10)8-14(11(2)21-16)18(23)22-17-6-4-13(19)9-15(17)20/h3-9H,1-2H3,(H,22,23). The normalized spacial score (nSPS) is 10.8. The molecule has 0 bridgehead atoms. The van der Waals surface area contributed by atoms with Gasteiger partial charge in [-0.3, -0.25) is 9.78 Å². The van der Waals surface area contributed by atoms with E-state index in [0.29, 0.717) is 27.0 Å². The summed E-state index contributed by atoms with van der Waals surface area (Å²) >= 11 is 12.0. The minimum absolute atomic E-state index is 0.248. The predicted molar refractivity (Wildman–Crippen MR) is 95.6 cm³/mol. The Kier molecular flexibility index (Phi) is 4.24. The molecule has 3 rings (SSSR count). The fourth-order valence-corrected chi connectivity index (χ4v) is 2.86. The average molecular weight is 345 g/mol. The molecule has 5 heteroatoms. The molecule has 3 aromatic rings. The van der Waals surface area contributed by atoms with Crippen molar-refractivity contribution >= 4 is 45.7 Å². The molecule has 2 aromatic carbocycles. The Labute approximate surface area is 144 Å². The van der Waals surface area contributed by atoms with E-state index < -0.39 is 0 Å². The van der Waals surface area contributed by atoms with E-state index in [2.05, 4.69) is 10.3 Å². The molecule has 0 fully saturated rings. The molecule has 116 valence electrons. The number of hydrogen-bond acceptors (Lipinski definition) is 2. The molecule has 0 radical (unpaired) electrons. The predicted octanol–water partition coefficient (Wildman–Crippen LogP) is 5.41. The lowest BCUT2D eigenvalue weighted by atomic mass is 10.1. The lowest BCUT2D eigenvalue weighted by Crippen LogP contribution is -2.14. The van der Waals surface area contributed by atoms with Crippen LogP contribution in [0.2, 0.25) is 10.0 Å². The van der Waals surface area contributed by atoms with Crippen molar-refractivity contribution in [3.05, 3.63) is 69.3 Å². The van der Waals surface area contributed by atoms with E-state index in [9.17, 15) is 4.79 Å². The molecule has 0 aliphatic rings. The second kappa shape index (κ2) is 6.19. The number of anilines is 1. The maximum absolute atomic E-state index is 12.6. The van der Waals surface area contributed by atoms with Gasteiger partial charge in [0.2, 0.25) is 0 Å². The van der Waals surface area contributed by atoms with Gasteiger partial charge in [0.1, 0.15) is 0 Å². The molecule has 0 saturated heterocycles. The van der Waals surface area contributed by atoms with Crippen molar-refractivity contribution in [2.75, 3.05) is 5.32 Å². The Bertz CT molecular complexity index is 922. The van der Waals surface area contributed by atoms with Gasteiger partial charge in [0.15, 0.2) is 0 Å². The third kappa shape index (κ3) is 3.31. The van der Waals surface area contributed by atoms with Crippen LogP contribution < -0.4 is 5.32 Å². The summed E-state index contributed by atoms with van der Waals surface area (Å²) in [6.07, 6.45) is 0. The zero-order valence-electron chi connectivity index (χ0n) is 12.7. The number of nitrogens with zero attached hydrogens (tertiary/aromatic N) is 1. The van der Waals surface area contributed by atoms with Gasteiger partial charge in [0, 0.05) is 10.4 Å². The van der Waals surface area contributed by atoms with Gasteiger partial charge in [0.05, 0.1) is 27.5 Å². The number of amides is 1. The highest BCUT2D eigenvalue weighted by molar-refractivity contribution is 6.36. The van der Waals surface area contributed by atoms with Gasteiger partial charge in [-0.1, -0.05) is 34.8 Å². The molecule has 0 saturated carbocycles. The van der Waals surface area contributed by atoms with Crippen molar-refractivity contribution in [2.24, 2.45) is 0 Å². The molecular weight excluding hydrogens is 331 g/mol. The Morgan fingerprint density at radius 1 is 1.04 bits per heavy atom. The molecule has 0 unspecified atom stereocenters. The van der Waals surface area contributed by atoms with E-state index in [1.54, 1.807) is 18.2 Å². The fourth-order valence-electron chi connectivity index (χ4n) is 2.40. The third-order valence-electron chi connectivity index (χ3n) is 3.58. The number of aromatic nitrogens is 1. The summed E-state index contributed by atoms with van der Waals surface area (Å²) in [6.45, 7) is 3.82. The number of halogens is 2. The van der Waals surface area contributed by atoms with Crippen LogP contribution >= 0.6 is 23.2 Å². The quantitative estimate of drug-likeness (QED) is 0.675. The van der Waals surface area contributed by atoms with Crippen molar-refractivity contribution in [1.82, 2.24) is 4.98 Å².